The van der Waals surface area contributed by atoms with Gasteiger partial charge in [0, 0.05) is 0 Å². The molecular weight excluding hydrogens is 132 g/mol. The molecule has 1 unspecified atom stereocenters. The maximum absolute atomic E-state index is 3.80. The van der Waals surface area contributed by atoms with Gasteiger partial charge in [0.25, 0.3) is 0 Å². The second kappa shape index (κ2) is 2.54. The van der Waals surface area contributed by atoms with Gasteiger partial charge in [-0.05, 0) is 23.8 Å². The van der Waals surface area contributed by atoms with E-state index >= 15 is 0 Å². The summed E-state index contributed by atoms with van der Waals surface area (Å²) in [4.78, 5) is 0. The summed E-state index contributed by atoms with van der Waals surface area (Å²) in [6.45, 7) is 3.80. The van der Waals surface area contributed by atoms with Gasteiger partial charge < -0.3 is 0 Å². The van der Waals surface area contributed by atoms with Crippen molar-refractivity contribution in [3.63, 3.8) is 0 Å². The largest absolute Gasteiger partial charge is 0.103 e. The van der Waals surface area contributed by atoms with Gasteiger partial charge in [0.05, 0.1) is 0 Å². The topological polar surface area (TPSA) is 0 Å². The standard InChI is InChI=1S/C11H12/c1-2-9-8-11(9)10-6-4-3-5-7-10/h2-7,9,11H,1,8H2/t9?,11-/m1/s1. The highest BCUT2D eigenvalue weighted by molar-refractivity contribution is 5.27. The van der Waals surface area contributed by atoms with Crippen LogP contribution in [0.1, 0.15) is 17.9 Å². The monoisotopic (exact) mass is 144 g/mol. The second-order valence-corrected chi connectivity index (χ2v) is 3.15. The molecule has 0 amide bonds. The van der Waals surface area contributed by atoms with Crippen LogP contribution < -0.4 is 0 Å². The van der Waals surface area contributed by atoms with E-state index in [2.05, 4.69) is 43.0 Å². The molecule has 0 spiro atoms. The molecule has 11 heavy (non-hydrogen) atoms. The third-order valence-corrected chi connectivity index (χ3v) is 2.37. The summed E-state index contributed by atoms with van der Waals surface area (Å²) >= 11 is 0. The Morgan fingerprint density at radius 2 is 2.00 bits per heavy atom. The summed E-state index contributed by atoms with van der Waals surface area (Å²) in [6.07, 6.45) is 3.37. The Bertz CT molecular complexity index is 248. The zero-order chi connectivity index (χ0) is 7.68. The molecule has 2 atom stereocenters. The smallest absolute Gasteiger partial charge is 0.00931 e. The van der Waals surface area contributed by atoms with E-state index in [4.69, 9.17) is 0 Å². The van der Waals surface area contributed by atoms with Crippen LogP contribution in [0.25, 0.3) is 0 Å². The van der Waals surface area contributed by atoms with Crippen LogP contribution in [0.15, 0.2) is 43.0 Å². The fourth-order valence-electron chi connectivity index (χ4n) is 1.56. The molecule has 0 N–H and O–H groups in total. The van der Waals surface area contributed by atoms with Crippen LogP contribution in [-0.2, 0) is 0 Å². The molecule has 0 aliphatic heterocycles. The second-order valence-electron chi connectivity index (χ2n) is 3.15. The van der Waals surface area contributed by atoms with Gasteiger partial charge in [0.2, 0.25) is 0 Å². The molecule has 1 fully saturated rings. The molecule has 1 saturated carbocycles. The van der Waals surface area contributed by atoms with Gasteiger partial charge in [-0.2, -0.15) is 0 Å². The Labute approximate surface area is 67.6 Å². The lowest BCUT2D eigenvalue weighted by molar-refractivity contribution is 1.01. The quantitative estimate of drug-likeness (QED) is 0.560. The van der Waals surface area contributed by atoms with Crippen molar-refractivity contribution in [1.29, 1.82) is 0 Å². The summed E-state index contributed by atoms with van der Waals surface area (Å²) in [5, 5.41) is 0. The summed E-state index contributed by atoms with van der Waals surface area (Å²) in [5.74, 6) is 1.52. The van der Waals surface area contributed by atoms with Crippen molar-refractivity contribution in [2.45, 2.75) is 12.3 Å². The SMILES string of the molecule is C=CC1C[C@H]1c1ccccc1. The molecule has 0 heteroatoms. The van der Waals surface area contributed by atoms with E-state index in [-0.39, 0.29) is 0 Å². The number of rotatable bonds is 2. The lowest BCUT2D eigenvalue weighted by Crippen LogP contribution is -1.78. The lowest BCUT2D eigenvalue weighted by atomic mass is 10.1. The van der Waals surface area contributed by atoms with Crippen molar-refractivity contribution in [3.8, 4) is 0 Å². The van der Waals surface area contributed by atoms with Crippen molar-refractivity contribution in [2.24, 2.45) is 5.92 Å². The first-order valence-corrected chi connectivity index (χ1v) is 4.09. The Balaban J connectivity index is 2.14. The molecule has 2 rings (SSSR count). The minimum atomic E-state index is 0.748. The first-order valence-electron chi connectivity index (χ1n) is 4.09. The fraction of sp³-hybridized carbons (Fsp3) is 0.273. The molecular formula is C11H12. The normalized spacial score (nSPS) is 28.0. The molecule has 1 aliphatic carbocycles. The zero-order valence-electron chi connectivity index (χ0n) is 6.53. The highest BCUT2D eigenvalue weighted by atomic mass is 14.4. The Morgan fingerprint density at radius 3 is 2.55 bits per heavy atom. The average molecular weight is 144 g/mol. The van der Waals surface area contributed by atoms with Crippen molar-refractivity contribution in [2.75, 3.05) is 0 Å². The summed E-state index contributed by atoms with van der Waals surface area (Å²) < 4.78 is 0. The first-order chi connectivity index (χ1) is 5.42. The molecule has 0 aromatic heterocycles. The Hall–Kier alpha value is -1.04. The summed E-state index contributed by atoms with van der Waals surface area (Å²) in [5.41, 5.74) is 1.47. The minimum absolute atomic E-state index is 0.748. The molecule has 0 nitrogen and oxygen atoms in total. The fourth-order valence-corrected chi connectivity index (χ4v) is 1.56. The van der Waals surface area contributed by atoms with Gasteiger partial charge in [0.1, 0.15) is 0 Å². The summed E-state index contributed by atoms with van der Waals surface area (Å²) in [7, 11) is 0. The Morgan fingerprint density at radius 1 is 1.27 bits per heavy atom. The van der Waals surface area contributed by atoms with Crippen molar-refractivity contribution < 1.29 is 0 Å². The van der Waals surface area contributed by atoms with Crippen LogP contribution in [0, 0.1) is 5.92 Å². The van der Waals surface area contributed by atoms with Crippen LogP contribution in [0.3, 0.4) is 0 Å². The predicted molar refractivity (Wildman–Crippen MR) is 47.5 cm³/mol. The summed E-state index contributed by atoms with van der Waals surface area (Å²) in [6, 6.07) is 10.7. The minimum Gasteiger partial charge on any atom is -0.103 e. The first kappa shape index (κ1) is 6.66. The van der Waals surface area contributed by atoms with E-state index < -0.39 is 0 Å². The molecule has 56 valence electrons. The van der Waals surface area contributed by atoms with Gasteiger partial charge in [-0.15, -0.1) is 6.58 Å². The van der Waals surface area contributed by atoms with Crippen LogP contribution in [0.5, 0.6) is 0 Å². The molecule has 1 aromatic rings. The molecule has 0 radical (unpaired) electrons. The highest BCUT2D eigenvalue weighted by Crippen LogP contribution is 2.47. The van der Waals surface area contributed by atoms with Gasteiger partial charge >= 0.3 is 0 Å². The van der Waals surface area contributed by atoms with Crippen molar-refractivity contribution in [3.05, 3.63) is 48.6 Å². The van der Waals surface area contributed by atoms with Crippen molar-refractivity contribution >= 4 is 0 Å². The van der Waals surface area contributed by atoms with Crippen LogP contribution in [0.4, 0.5) is 0 Å². The maximum atomic E-state index is 3.80. The maximum Gasteiger partial charge on any atom is -0.00931 e. The number of benzene rings is 1. The van der Waals surface area contributed by atoms with Crippen molar-refractivity contribution in [1.82, 2.24) is 0 Å². The molecule has 0 bridgehead atoms. The predicted octanol–water partition coefficient (Wildman–Crippen LogP) is 2.98. The molecule has 1 aromatic carbocycles. The number of hydrogen-bond donors (Lipinski definition) is 0. The third-order valence-electron chi connectivity index (χ3n) is 2.37. The number of allylic oxidation sites excluding steroid dienone is 1. The van der Waals surface area contributed by atoms with Gasteiger partial charge in [0.15, 0.2) is 0 Å². The molecule has 0 heterocycles. The van der Waals surface area contributed by atoms with Crippen LogP contribution in [0.2, 0.25) is 0 Å². The molecule has 0 saturated heterocycles. The van der Waals surface area contributed by atoms with Crippen LogP contribution in [-0.4, -0.2) is 0 Å². The average Bonchev–Trinajstić information content (AvgIpc) is 2.85. The van der Waals surface area contributed by atoms with Gasteiger partial charge in [-0.1, -0.05) is 36.4 Å². The van der Waals surface area contributed by atoms with Crippen LogP contribution >= 0.6 is 0 Å². The Kier molecular flexibility index (Phi) is 1.54. The van der Waals surface area contributed by atoms with E-state index in [0.29, 0.717) is 0 Å². The van der Waals surface area contributed by atoms with E-state index in [1.807, 2.05) is 0 Å². The molecule has 1 aliphatic rings. The number of hydrogen-bond acceptors (Lipinski definition) is 0. The zero-order valence-corrected chi connectivity index (χ0v) is 6.53. The van der Waals surface area contributed by atoms with Gasteiger partial charge in [-0.3, -0.25) is 0 Å². The van der Waals surface area contributed by atoms with E-state index in [1.165, 1.54) is 12.0 Å². The van der Waals surface area contributed by atoms with E-state index in [1.54, 1.807) is 0 Å². The van der Waals surface area contributed by atoms with E-state index in [9.17, 15) is 0 Å². The lowest BCUT2D eigenvalue weighted by Gasteiger charge is -1.95. The van der Waals surface area contributed by atoms with E-state index in [0.717, 1.165) is 11.8 Å². The highest BCUT2D eigenvalue weighted by Gasteiger charge is 2.35. The van der Waals surface area contributed by atoms with Gasteiger partial charge in [-0.25, -0.2) is 0 Å². The third kappa shape index (κ3) is 1.21.